The van der Waals surface area contributed by atoms with E-state index >= 15 is 0 Å². The minimum Gasteiger partial charge on any atom is -0.355 e. The van der Waals surface area contributed by atoms with Gasteiger partial charge >= 0.3 is 0 Å². The summed E-state index contributed by atoms with van der Waals surface area (Å²) in [4.78, 5) is 12.8. The molecule has 9 atom stereocenters. The zero-order valence-electron chi connectivity index (χ0n) is 37.8. The smallest absolute Gasteiger partial charge is 0.237 e. The van der Waals surface area contributed by atoms with Gasteiger partial charge in [0, 0.05) is 17.5 Å². The van der Waals surface area contributed by atoms with Crippen molar-refractivity contribution in [3.05, 3.63) is 11.6 Å². The summed E-state index contributed by atoms with van der Waals surface area (Å²) in [6.45, 7) is 21.3. The number of hydrogen-bond donors (Lipinski definition) is 2. The normalized spacial score (nSPS) is 32.8. The lowest BCUT2D eigenvalue weighted by atomic mass is 9.37. The highest BCUT2D eigenvalue weighted by Gasteiger charge is 2.68. The van der Waals surface area contributed by atoms with Gasteiger partial charge in [-0.05, 0) is 103 Å². The summed E-state index contributed by atoms with van der Waals surface area (Å²) < 4.78 is 0. The third-order valence-corrected chi connectivity index (χ3v) is 20.0. The molecule has 1 amide bonds. The molecule has 3 fully saturated rings. The maximum absolute atomic E-state index is 12.8. The van der Waals surface area contributed by atoms with E-state index in [1.54, 1.807) is 5.57 Å². The number of unbranched alkanes of at least 4 members (excludes halogenated alkanes) is 15. The number of nitrogens with one attached hydrogen (secondary N) is 1. The predicted molar refractivity (Wildman–Crippen MR) is 247 cm³/mol. The van der Waals surface area contributed by atoms with Gasteiger partial charge in [-0.2, -0.15) is 0 Å². The third kappa shape index (κ3) is 12.2. The molecule has 4 aliphatic carbocycles. The monoisotopic (exact) mass is 801 g/mol. The van der Waals surface area contributed by atoms with Crippen LogP contribution in [0.3, 0.4) is 0 Å². The average Bonchev–Trinajstić information content (AvgIpc) is 3.43. The van der Waals surface area contributed by atoms with E-state index in [1.165, 1.54) is 167 Å². The van der Waals surface area contributed by atoms with E-state index in [0.29, 0.717) is 32.7 Å². The molecule has 4 aliphatic rings. The van der Waals surface area contributed by atoms with Gasteiger partial charge in [0.1, 0.15) is 0 Å². The number of fused-ring (bicyclic) bond motifs is 5. The topological polar surface area (TPSA) is 55.1 Å². The number of allylic oxidation sites excluding steroid dienone is 2. The van der Waals surface area contributed by atoms with Gasteiger partial charge < -0.3 is 11.1 Å². The molecule has 3 nitrogen and oxygen atoms in total. The zero-order chi connectivity index (χ0) is 40.0. The number of carbonyl (C=O) groups excluding carboxylic acids is 1. The molecule has 5 heteroatoms. The van der Waals surface area contributed by atoms with Crippen LogP contribution in [0.4, 0.5) is 0 Å². The molecule has 3 N–H and O–H groups in total. The second kappa shape index (κ2) is 23.0. The Labute approximate surface area is 351 Å². The molecule has 4 rings (SSSR count). The number of nitrogens with two attached hydrogens (primary N) is 1. The van der Waals surface area contributed by atoms with Crippen LogP contribution >= 0.6 is 21.6 Å². The fourth-order valence-corrected chi connectivity index (χ4v) is 15.6. The van der Waals surface area contributed by atoms with Gasteiger partial charge in [-0.15, -0.1) is 0 Å². The van der Waals surface area contributed by atoms with Crippen molar-refractivity contribution in [3.63, 3.8) is 0 Å². The lowest BCUT2D eigenvalue weighted by Gasteiger charge is -2.68. The summed E-state index contributed by atoms with van der Waals surface area (Å²) in [6, 6.07) is -0.411. The zero-order valence-corrected chi connectivity index (χ0v) is 39.5. The van der Waals surface area contributed by atoms with Crippen LogP contribution in [0.5, 0.6) is 0 Å². The SMILES string of the molecule is CCCCCCCCCCCCCCCCCCNC(=O)[C@@H](N)CSS[C@@H]1CC[C@@]2(C)C(=CC[C@@H]3[C@]2(C)CC[C@]2(C)[C@@H]([C@H](C)CCCC(C)C)CC[C@@]32C)C1. The number of rotatable bonds is 27. The molecule has 55 heavy (non-hydrogen) atoms. The summed E-state index contributed by atoms with van der Waals surface area (Å²) in [5, 5.41) is 3.78. The van der Waals surface area contributed by atoms with Gasteiger partial charge in [-0.3, -0.25) is 4.79 Å². The Kier molecular flexibility index (Phi) is 19.9. The van der Waals surface area contributed by atoms with Crippen LogP contribution in [0.1, 0.15) is 229 Å². The summed E-state index contributed by atoms with van der Waals surface area (Å²) in [5.41, 5.74) is 9.82. The van der Waals surface area contributed by atoms with Crippen molar-refractivity contribution in [1.82, 2.24) is 5.32 Å². The van der Waals surface area contributed by atoms with Gasteiger partial charge in [0.2, 0.25) is 5.91 Å². The van der Waals surface area contributed by atoms with Crippen LogP contribution in [0.25, 0.3) is 0 Å². The molecular formula is C50H92N2OS2. The molecule has 0 radical (unpaired) electrons. The van der Waals surface area contributed by atoms with Crippen molar-refractivity contribution >= 4 is 27.5 Å². The number of hydrogen-bond acceptors (Lipinski definition) is 4. The van der Waals surface area contributed by atoms with Crippen LogP contribution < -0.4 is 11.1 Å². The molecule has 0 aromatic heterocycles. The standard InChI is InChI=1S/C50H92N2OS2/c1-9-10-11-12-13-14-15-16-17-18-19-20-21-22-23-24-36-52-46(53)44(51)38-54-55-42-30-32-47(5)41(37-42)28-29-45-49(7)33-31-43(40(4)27-25-26-39(2)3)48(49,6)34-35-50(45,47)8/h28,39-40,42-45H,9-27,29-38,51H2,1-8H3,(H,52,53)/t40-,42-,43-,44+,45+,47+,48-,49+,50+/m1/s1. The summed E-state index contributed by atoms with van der Waals surface area (Å²) in [5.74, 6) is 4.12. The molecule has 0 aromatic carbocycles. The van der Waals surface area contributed by atoms with Crippen LogP contribution in [0, 0.1) is 45.3 Å². The van der Waals surface area contributed by atoms with Gasteiger partial charge in [0.25, 0.3) is 0 Å². The average molecular weight is 801 g/mol. The highest BCUT2D eigenvalue weighted by atomic mass is 33.1. The first kappa shape index (κ1) is 47.5. The van der Waals surface area contributed by atoms with Crippen molar-refractivity contribution in [1.29, 1.82) is 0 Å². The molecule has 320 valence electrons. The first-order valence-electron chi connectivity index (χ1n) is 24.3. The second-order valence-corrected chi connectivity index (χ2v) is 23.7. The molecule has 0 heterocycles. The van der Waals surface area contributed by atoms with Crippen LogP contribution in [-0.2, 0) is 4.79 Å². The first-order valence-corrected chi connectivity index (χ1v) is 26.7. The van der Waals surface area contributed by atoms with Crippen molar-refractivity contribution in [2.24, 2.45) is 51.1 Å². The van der Waals surface area contributed by atoms with Gasteiger partial charge in [0.05, 0.1) is 6.04 Å². The Balaban J connectivity index is 1.09. The number of amides is 1. The Morgan fingerprint density at radius 2 is 1.33 bits per heavy atom. The molecule has 3 saturated carbocycles. The maximum Gasteiger partial charge on any atom is 0.237 e. The quantitative estimate of drug-likeness (QED) is 0.0494. The minimum absolute atomic E-state index is 0.0381. The Hall–Kier alpha value is -0.130. The van der Waals surface area contributed by atoms with E-state index in [2.05, 4.69) is 66.8 Å². The van der Waals surface area contributed by atoms with E-state index in [4.69, 9.17) is 5.73 Å². The predicted octanol–water partition coefficient (Wildman–Crippen LogP) is 15.3. The Morgan fingerprint density at radius 3 is 1.93 bits per heavy atom. The van der Waals surface area contributed by atoms with Gasteiger partial charge in [0.15, 0.2) is 0 Å². The van der Waals surface area contributed by atoms with Crippen molar-refractivity contribution < 1.29 is 4.79 Å². The highest BCUT2D eigenvalue weighted by Crippen LogP contribution is 2.76. The van der Waals surface area contributed by atoms with E-state index < -0.39 is 6.04 Å². The van der Waals surface area contributed by atoms with E-state index in [0.717, 1.165) is 36.6 Å². The second-order valence-electron chi connectivity index (χ2n) is 21.0. The molecule has 0 bridgehead atoms. The molecule has 0 unspecified atom stereocenters. The fourth-order valence-electron chi connectivity index (χ4n) is 12.9. The fraction of sp³-hybridized carbons (Fsp3) is 0.940. The van der Waals surface area contributed by atoms with Crippen molar-refractivity contribution in [2.45, 2.75) is 240 Å². The lowest BCUT2D eigenvalue weighted by Crippen LogP contribution is -2.60. The molecule has 0 aliphatic heterocycles. The van der Waals surface area contributed by atoms with Gasteiger partial charge in [-0.1, -0.05) is 204 Å². The third-order valence-electron chi connectivity index (χ3n) is 17.0. The molecular weight excluding hydrogens is 709 g/mol. The van der Waals surface area contributed by atoms with Crippen molar-refractivity contribution in [3.8, 4) is 0 Å². The maximum atomic E-state index is 12.8. The van der Waals surface area contributed by atoms with E-state index in [-0.39, 0.29) is 5.91 Å². The molecule has 0 aromatic rings. The van der Waals surface area contributed by atoms with Crippen LogP contribution in [0.15, 0.2) is 11.6 Å². The number of carbonyl (C=O) groups is 1. The van der Waals surface area contributed by atoms with E-state index in [1.807, 2.05) is 21.6 Å². The van der Waals surface area contributed by atoms with E-state index in [9.17, 15) is 4.79 Å². The minimum atomic E-state index is -0.411. The Morgan fingerprint density at radius 1 is 0.745 bits per heavy atom. The van der Waals surface area contributed by atoms with Crippen LogP contribution in [0.2, 0.25) is 0 Å². The molecule has 0 saturated heterocycles. The first-order chi connectivity index (χ1) is 26.3. The lowest BCUT2D eigenvalue weighted by molar-refractivity contribution is -0.161. The Bertz CT molecular complexity index is 1160. The summed E-state index contributed by atoms with van der Waals surface area (Å²) in [7, 11) is 3.86. The highest BCUT2D eigenvalue weighted by molar-refractivity contribution is 8.77. The van der Waals surface area contributed by atoms with Crippen molar-refractivity contribution in [2.75, 3.05) is 12.3 Å². The molecule has 0 spiro atoms. The van der Waals surface area contributed by atoms with Crippen LogP contribution in [-0.4, -0.2) is 29.5 Å². The summed E-state index contributed by atoms with van der Waals surface area (Å²) >= 11 is 0. The van der Waals surface area contributed by atoms with Gasteiger partial charge in [-0.25, -0.2) is 0 Å². The largest absolute Gasteiger partial charge is 0.355 e. The summed E-state index contributed by atoms with van der Waals surface area (Å²) in [6.07, 6.45) is 39.7.